The molecule has 4 rings (SSSR count). The lowest BCUT2D eigenvalue weighted by Gasteiger charge is -2.37. The normalized spacial score (nSPS) is 22.4. The van der Waals surface area contributed by atoms with Crippen LogP contribution in [0.5, 0.6) is 0 Å². The largest absolute Gasteiger partial charge is 0.264 e. The van der Waals surface area contributed by atoms with Gasteiger partial charge in [0.05, 0.1) is 6.54 Å². The molecule has 0 bridgehead atoms. The van der Waals surface area contributed by atoms with Gasteiger partial charge in [-0.1, -0.05) is 77.5 Å². The second-order valence-corrected chi connectivity index (χ2v) is 10.6. The minimum Gasteiger partial charge on any atom is -0.264 e. The Kier molecular flexibility index (Phi) is 8.12. The highest BCUT2D eigenvalue weighted by Gasteiger charge is 2.33. The van der Waals surface area contributed by atoms with Crippen molar-refractivity contribution in [2.75, 3.05) is 0 Å². The summed E-state index contributed by atoms with van der Waals surface area (Å²) in [5, 5.41) is 4.92. The van der Waals surface area contributed by atoms with Gasteiger partial charge in [0.1, 0.15) is 11.5 Å². The average molecular weight is 463 g/mol. The summed E-state index contributed by atoms with van der Waals surface area (Å²) in [5.41, 5.74) is 2.89. The maximum absolute atomic E-state index is 14.6. The summed E-state index contributed by atoms with van der Waals surface area (Å²) < 4.78 is 16.6. The molecule has 34 heavy (non-hydrogen) atoms. The van der Waals surface area contributed by atoms with Crippen molar-refractivity contribution in [1.29, 1.82) is 0 Å². The van der Waals surface area contributed by atoms with Gasteiger partial charge < -0.3 is 0 Å². The maximum Gasteiger partial charge on any atom is 0.179 e. The van der Waals surface area contributed by atoms with E-state index in [1.165, 1.54) is 56.7 Å². The van der Waals surface area contributed by atoms with Crippen molar-refractivity contribution in [2.24, 2.45) is 11.3 Å². The number of hydrogen-bond donors (Lipinski definition) is 0. The van der Waals surface area contributed by atoms with Gasteiger partial charge >= 0.3 is 0 Å². The van der Waals surface area contributed by atoms with Crippen LogP contribution >= 0.6 is 0 Å². The summed E-state index contributed by atoms with van der Waals surface area (Å²) in [7, 11) is 0. The molecule has 2 unspecified atom stereocenters. The van der Waals surface area contributed by atoms with Gasteiger partial charge in [0, 0.05) is 29.6 Å². The molecule has 0 spiro atoms. The topological polar surface area (TPSA) is 43.6 Å². The molecule has 3 aromatic rings. The quantitative estimate of drug-likeness (QED) is 0.388. The van der Waals surface area contributed by atoms with Crippen molar-refractivity contribution in [1.82, 2.24) is 19.7 Å². The monoisotopic (exact) mass is 462 g/mol. The molecule has 2 heterocycles. The minimum absolute atomic E-state index is 0.184. The zero-order chi connectivity index (χ0) is 24.0. The first-order chi connectivity index (χ1) is 16.5. The fourth-order valence-corrected chi connectivity index (χ4v) is 5.39. The molecular formula is C29H39FN4. The van der Waals surface area contributed by atoms with Crippen LogP contribution in [0.25, 0.3) is 11.5 Å². The van der Waals surface area contributed by atoms with Crippen LogP contribution in [0.4, 0.5) is 4.39 Å². The van der Waals surface area contributed by atoms with Crippen LogP contribution in [0.1, 0.15) is 95.7 Å². The molecule has 1 fully saturated rings. The average Bonchev–Trinajstić information content (AvgIpc) is 3.24. The Morgan fingerprint density at radius 1 is 1.00 bits per heavy atom. The van der Waals surface area contributed by atoms with Crippen LogP contribution in [0.15, 0.2) is 48.8 Å². The lowest BCUT2D eigenvalue weighted by atomic mass is 9.68. The summed E-state index contributed by atoms with van der Waals surface area (Å²) in [5.74, 6) is 1.42. The van der Waals surface area contributed by atoms with Crippen molar-refractivity contribution < 1.29 is 4.39 Å². The Bertz CT molecular complexity index is 1050. The lowest BCUT2D eigenvalue weighted by molar-refractivity contribution is 0.156. The van der Waals surface area contributed by atoms with Gasteiger partial charge in [0.15, 0.2) is 5.82 Å². The number of nitrogens with zero attached hydrogens (tertiary/aromatic N) is 4. The van der Waals surface area contributed by atoms with E-state index < -0.39 is 0 Å². The Hall–Kier alpha value is -2.56. The summed E-state index contributed by atoms with van der Waals surface area (Å²) >= 11 is 0. The second-order valence-electron chi connectivity index (χ2n) is 10.6. The summed E-state index contributed by atoms with van der Waals surface area (Å²) in [4.78, 5) is 8.88. The first-order valence-corrected chi connectivity index (χ1v) is 13.0. The molecule has 5 heteroatoms. The van der Waals surface area contributed by atoms with E-state index in [1.54, 1.807) is 18.5 Å². The van der Waals surface area contributed by atoms with Crippen LogP contribution in [0, 0.1) is 17.2 Å². The van der Waals surface area contributed by atoms with Gasteiger partial charge in [-0.05, 0) is 48.8 Å². The van der Waals surface area contributed by atoms with E-state index in [-0.39, 0.29) is 11.2 Å². The molecule has 1 aliphatic rings. The van der Waals surface area contributed by atoms with Crippen molar-refractivity contribution in [2.45, 2.75) is 91.0 Å². The van der Waals surface area contributed by atoms with Gasteiger partial charge in [-0.2, -0.15) is 5.10 Å². The molecule has 1 saturated carbocycles. The molecular weight excluding hydrogens is 423 g/mol. The number of halogens is 1. The van der Waals surface area contributed by atoms with E-state index in [2.05, 4.69) is 36.8 Å². The summed E-state index contributed by atoms with van der Waals surface area (Å²) in [6, 6.07) is 11.0. The standard InChI is InChI=1S/C29H39FN4/c1-22(2)29(3)16-11-7-5-4-6-8-13-23(20-29)27-19-26(28-31-17-12-18-32-28)33-34(27)21-24-14-9-10-15-25(24)30/h9-10,12,14-15,17-19,22-23H,4-8,11,13,16,20-21H2,1-3H3. The fraction of sp³-hybridized carbons (Fsp3) is 0.552. The molecule has 0 amide bonds. The van der Waals surface area contributed by atoms with Gasteiger partial charge in [-0.15, -0.1) is 0 Å². The molecule has 2 aromatic heterocycles. The number of rotatable bonds is 5. The van der Waals surface area contributed by atoms with E-state index in [9.17, 15) is 4.39 Å². The minimum atomic E-state index is -0.184. The predicted molar refractivity (Wildman–Crippen MR) is 136 cm³/mol. The Morgan fingerprint density at radius 3 is 2.44 bits per heavy atom. The SMILES string of the molecule is CC(C)C1(C)CCCCCCCCC(c2cc(-c3ncccn3)nn2Cc2ccccc2F)C1. The third kappa shape index (κ3) is 5.92. The highest BCUT2D eigenvalue weighted by molar-refractivity contribution is 5.49. The van der Waals surface area contributed by atoms with Crippen molar-refractivity contribution >= 4 is 0 Å². The molecule has 0 saturated heterocycles. The van der Waals surface area contributed by atoms with Gasteiger partial charge in [0.25, 0.3) is 0 Å². The molecule has 1 aliphatic carbocycles. The van der Waals surface area contributed by atoms with Crippen molar-refractivity contribution in [3.63, 3.8) is 0 Å². The van der Waals surface area contributed by atoms with E-state index in [1.807, 2.05) is 22.9 Å². The van der Waals surface area contributed by atoms with E-state index >= 15 is 0 Å². The molecule has 0 N–H and O–H groups in total. The predicted octanol–water partition coefficient (Wildman–Crippen LogP) is 7.80. The van der Waals surface area contributed by atoms with Crippen LogP contribution in [0.2, 0.25) is 0 Å². The molecule has 0 radical (unpaired) electrons. The Labute approximate surface area is 204 Å². The smallest absolute Gasteiger partial charge is 0.179 e. The number of hydrogen-bond acceptors (Lipinski definition) is 3. The highest BCUT2D eigenvalue weighted by Crippen LogP contribution is 2.44. The lowest BCUT2D eigenvalue weighted by Crippen LogP contribution is -2.27. The summed E-state index contributed by atoms with van der Waals surface area (Å²) in [6.07, 6.45) is 14.8. The third-order valence-electron chi connectivity index (χ3n) is 7.96. The first kappa shape index (κ1) is 24.6. The van der Waals surface area contributed by atoms with Crippen LogP contribution in [-0.4, -0.2) is 19.7 Å². The van der Waals surface area contributed by atoms with E-state index in [0.29, 0.717) is 29.8 Å². The Balaban J connectivity index is 1.75. The summed E-state index contributed by atoms with van der Waals surface area (Å²) in [6.45, 7) is 7.64. The van der Waals surface area contributed by atoms with Gasteiger partial charge in [-0.3, -0.25) is 4.68 Å². The van der Waals surface area contributed by atoms with E-state index in [4.69, 9.17) is 5.10 Å². The Morgan fingerprint density at radius 2 is 1.71 bits per heavy atom. The van der Waals surface area contributed by atoms with Crippen molar-refractivity contribution in [3.8, 4) is 11.5 Å². The van der Waals surface area contributed by atoms with Crippen molar-refractivity contribution in [3.05, 3.63) is 65.9 Å². The van der Waals surface area contributed by atoms with Gasteiger partial charge in [-0.25, -0.2) is 14.4 Å². The fourth-order valence-electron chi connectivity index (χ4n) is 5.39. The zero-order valence-corrected chi connectivity index (χ0v) is 21.0. The highest BCUT2D eigenvalue weighted by atomic mass is 19.1. The van der Waals surface area contributed by atoms with Crippen LogP contribution in [0.3, 0.4) is 0 Å². The zero-order valence-electron chi connectivity index (χ0n) is 21.0. The first-order valence-electron chi connectivity index (χ1n) is 13.0. The maximum atomic E-state index is 14.6. The molecule has 182 valence electrons. The molecule has 2 atom stereocenters. The molecule has 4 nitrogen and oxygen atoms in total. The molecule has 0 aliphatic heterocycles. The second kappa shape index (κ2) is 11.2. The van der Waals surface area contributed by atoms with Crippen LogP contribution in [-0.2, 0) is 6.54 Å². The van der Waals surface area contributed by atoms with E-state index in [0.717, 1.165) is 18.5 Å². The number of aromatic nitrogens is 4. The van der Waals surface area contributed by atoms with Crippen LogP contribution < -0.4 is 0 Å². The van der Waals surface area contributed by atoms with Gasteiger partial charge in [0.2, 0.25) is 0 Å². The number of benzene rings is 1. The molecule has 1 aromatic carbocycles. The third-order valence-corrected chi connectivity index (χ3v) is 7.96.